The van der Waals surface area contributed by atoms with E-state index < -0.39 is 10.0 Å². The second kappa shape index (κ2) is 6.39. The van der Waals surface area contributed by atoms with E-state index in [4.69, 9.17) is 5.11 Å². The lowest BCUT2D eigenvalue weighted by molar-refractivity contribution is 0.285. The molecular weight excluding hydrogens is 330 g/mol. The molecule has 0 fully saturated rings. The molecule has 6 nitrogen and oxygen atoms in total. The van der Waals surface area contributed by atoms with E-state index in [9.17, 15) is 8.42 Å². The Balaban J connectivity index is 2.18. The fourth-order valence-electron chi connectivity index (χ4n) is 1.67. The molecule has 0 spiro atoms. The van der Waals surface area contributed by atoms with Crippen molar-refractivity contribution in [2.45, 2.75) is 38.0 Å². The van der Waals surface area contributed by atoms with Gasteiger partial charge in [-0.2, -0.15) is 0 Å². The molecule has 0 amide bonds. The van der Waals surface area contributed by atoms with Crippen LogP contribution in [0.3, 0.4) is 0 Å². The molecule has 21 heavy (non-hydrogen) atoms. The lowest BCUT2D eigenvalue weighted by Crippen LogP contribution is -2.11. The molecule has 0 unspecified atom stereocenters. The number of aliphatic hydroxyl groups is 1. The number of aryl methyl sites for hydroxylation is 1. The number of nitrogens with one attached hydrogen (secondary N) is 1. The molecule has 0 aliphatic rings. The van der Waals surface area contributed by atoms with Gasteiger partial charge in [0, 0.05) is 11.3 Å². The topological polar surface area (TPSA) is 92.2 Å². The third kappa shape index (κ3) is 4.00. The van der Waals surface area contributed by atoms with Crippen LogP contribution >= 0.6 is 22.7 Å². The van der Waals surface area contributed by atoms with Gasteiger partial charge in [-0.25, -0.2) is 8.42 Å². The molecule has 0 aliphatic carbocycles. The molecule has 0 aliphatic heterocycles. The van der Waals surface area contributed by atoms with Crippen LogP contribution in [-0.2, 0) is 23.1 Å². The highest BCUT2D eigenvalue weighted by atomic mass is 32.2. The molecule has 2 aromatic heterocycles. The van der Waals surface area contributed by atoms with Crippen LogP contribution < -0.4 is 4.72 Å². The Morgan fingerprint density at radius 1 is 1.33 bits per heavy atom. The van der Waals surface area contributed by atoms with Gasteiger partial charge < -0.3 is 5.11 Å². The van der Waals surface area contributed by atoms with Crippen LogP contribution in [0, 0.1) is 12.8 Å². The molecule has 0 aromatic carbocycles. The van der Waals surface area contributed by atoms with E-state index in [0.717, 1.165) is 28.3 Å². The third-order valence-corrected chi connectivity index (χ3v) is 6.70. The van der Waals surface area contributed by atoms with Crippen molar-refractivity contribution in [3.63, 3.8) is 0 Å². The first-order valence-electron chi connectivity index (χ1n) is 6.37. The van der Waals surface area contributed by atoms with Crippen molar-refractivity contribution in [3.8, 4) is 0 Å². The number of anilines is 1. The highest BCUT2D eigenvalue weighted by molar-refractivity contribution is 7.94. The van der Waals surface area contributed by atoms with Crippen LogP contribution in [0.1, 0.15) is 29.3 Å². The van der Waals surface area contributed by atoms with E-state index in [-0.39, 0.29) is 15.9 Å². The van der Waals surface area contributed by atoms with Gasteiger partial charge in [0.05, 0.1) is 6.61 Å². The zero-order chi connectivity index (χ0) is 15.6. The molecule has 2 aromatic rings. The van der Waals surface area contributed by atoms with E-state index in [1.54, 1.807) is 13.0 Å². The van der Waals surface area contributed by atoms with Crippen molar-refractivity contribution in [2.75, 3.05) is 4.72 Å². The number of aliphatic hydroxyl groups excluding tert-OH is 1. The number of rotatable bonds is 6. The summed E-state index contributed by atoms with van der Waals surface area (Å²) < 4.78 is 27.2. The van der Waals surface area contributed by atoms with Crippen molar-refractivity contribution < 1.29 is 13.5 Å². The fraction of sp³-hybridized carbons (Fsp3) is 0.500. The Hall–Kier alpha value is -1.03. The van der Waals surface area contributed by atoms with Gasteiger partial charge in [0.1, 0.15) is 9.22 Å². The van der Waals surface area contributed by atoms with Crippen LogP contribution in [0.25, 0.3) is 0 Å². The molecular formula is C12H17N3O3S3. The maximum Gasteiger partial charge on any atom is 0.273 e. The largest absolute Gasteiger partial charge is 0.391 e. The van der Waals surface area contributed by atoms with Gasteiger partial charge in [-0.1, -0.05) is 25.2 Å². The minimum Gasteiger partial charge on any atom is -0.391 e. The Bertz CT molecular complexity index is 719. The summed E-state index contributed by atoms with van der Waals surface area (Å²) >= 11 is 2.30. The lowest BCUT2D eigenvalue weighted by Gasteiger charge is -2.01. The quantitative estimate of drug-likeness (QED) is 0.837. The first-order valence-corrected chi connectivity index (χ1v) is 9.49. The third-order valence-electron chi connectivity index (χ3n) is 2.68. The van der Waals surface area contributed by atoms with E-state index >= 15 is 0 Å². The number of sulfonamides is 1. The van der Waals surface area contributed by atoms with Gasteiger partial charge in [-0.05, 0) is 24.5 Å². The summed E-state index contributed by atoms with van der Waals surface area (Å²) in [5, 5.41) is 18.1. The standard InChI is InChI=1S/C12H17N3O3S3/c1-7(2)4-10-13-14-12(20-10)15-21(17,18)11-5-8(3)9(6-16)19-11/h5,7,16H,4,6H2,1-3H3,(H,14,15). The summed E-state index contributed by atoms with van der Waals surface area (Å²) in [7, 11) is -3.67. The van der Waals surface area contributed by atoms with Crippen LogP contribution in [0.5, 0.6) is 0 Å². The Morgan fingerprint density at radius 3 is 2.62 bits per heavy atom. The Labute approximate surface area is 131 Å². The average molecular weight is 347 g/mol. The summed E-state index contributed by atoms with van der Waals surface area (Å²) in [6.45, 7) is 5.74. The molecule has 0 saturated heterocycles. The second-order valence-electron chi connectivity index (χ2n) is 5.03. The van der Waals surface area contributed by atoms with Crippen molar-refractivity contribution >= 4 is 37.8 Å². The molecule has 2 N–H and O–H groups in total. The average Bonchev–Trinajstić information content (AvgIpc) is 2.95. The normalized spacial score (nSPS) is 12.0. The first-order chi connectivity index (χ1) is 9.81. The Morgan fingerprint density at radius 2 is 2.05 bits per heavy atom. The number of hydrogen-bond acceptors (Lipinski definition) is 7. The van der Waals surface area contributed by atoms with Gasteiger partial charge in [0.15, 0.2) is 0 Å². The first kappa shape index (κ1) is 16.3. The SMILES string of the molecule is Cc1cc(S(=O)(=O)Nc2nnc(CC(C)C)s2)sc1CO. The maximum absolute atomic E-state index is 12.3. The number of thiophene rings is 1. The van der Waals surface area contributed by atoms with Crippen LogP contribution in [0.2, 0.25) is 0 Å². The summed E-state index contributed by atoms with van der Waals surface area (Å²) in [6.07, 6.45) is 0.770. The molecule has 116 valence electrons. The van der Waals surface area contributed by atoms with Crippen molar-refractivity contribution in [3.05, 3.63) is 21.5 Å². The number of aromatic nitrogens is 2. The van der Waals surface area contributed by atoms with E-state index in [1.165, 1.54) is 11.3 Å². The number of nitrogens with zero attached hydrogens (tertiary/aromatic N) is 2. The van der Waals surface area contributed by atoms with Crippen molar-refractivity contribution in [2.24, 2.45) is 5.92 Å². The molecule has 0 radical (unpaired) electrons. The van der Waals surface area contributed by atoms with Crippen molar-refractivity contribution in [1.29, 1.82) is 0 Å². The predicted molar refractivity (Wildman–Crippen MR) is 84.2 cm³/mol. The van der Waals surface area contributed by atoms with E-state index in [2.05, 4.69) is 28.8 Å². The molecule has 2 rings (SSSR count). The lowest BCUT2D eigenvalue weighted by atomic mass is 10.1. The van der Waals surface area contributed by atoms with Crippen molar-refractivity contribution in [1.82, 2.24) is 10.2 Å². The zero-order valence-electron chi connectivity index (χ0n) is 12.0. The van der Waals surface area contributed by atoms with Crippen LogP contribution in [0.4, 0.5) is 5.13 Å². The molecule has 0 bridgehead atoms. The van der Waals surface area contributed by atoms with Gasteiger partial charge in [0.2, 0.25) is 5.13 Å². The summed E-state index contributed by atoms with van der Waals surface area (Å²) in [5.41, 5.74) is 0.764. The smallest absolute Gasteiger partial charge is 0.273 e. The maximum atomic E-state index is 12.3. The molecule has 2 heterocycles. The van der Waals surface area contributed by atoms with Gasteiger partial charge >= 0.3 is 0 Å². The minimum absolute atomic E-state index is 0.163. The zero-order valence-corrected chi connectivity index (χ0v) is 14.4. The second-order valence-corrected chi connectivity index (χ2v) is 9.14. The van der Waals surface area contributed by atoms with E-state index in [1.807, 2.05) is 0 Å². The number of hydrogen-bond donors (Lipinski definition) is 2. The van der Waals surface area contributed by atoms with E-state index in [0.29, 0.717) is 10.8 Å². The minimum atomic E-state index is -3.67. The van der Waals surface area contributed by atoms with Gasteiger partial charge in [0.25, 0.3) is 10.0 Å². The van der Waals surface area contributed by atoms with Gasteiger partial charge in [-0.15, -0.1) is 21.5 Å². The summed E-state index contributed by atoms with van der Waals surface area (Å²) in [4.78, 5) is 0.646. The monoisotopic (exact) mass is 347 g/mol. The fourth-order valence-corrected chi connectivity index (χ4v) is 5.30. The highest BCUT2D eigenvalue weighted by Crippen LogP contribution is 2.28. The predicted octanol–water partition coefficient (Wildman–Crippen LogP) is 2.40. The van der Waals surface area contributed by atoms with Crippen LogP contribution in [-0.4, -0.2) is 23.7 Å². The molecule has 0 atom stereocenters. The molecule has 0 saturated carbocycles. The Kier molecular flexibility index (Phi) is 4.97. The molecule has 9 heteroatoms. The van der Waals surface area contributed by atoms with Crippen LogP contribution in [0.15, 0.2) is 10.3 Å². The van der Waals surface area contributed by atoms with Gasteiger partial charge in [-0.3, -0.25) is 4.72 Å². The highest BCUT2D eigenvalue weighted by Gasteiger charge is 2.20. The summed E-state index contributed by atoms with van der Waals surface area (Å²) in [6, 6.07) is 1.55. The summed E-state index contributed by atoms with van der Waals surface area (Å²) in [5.74, 6) is 0.439.